The van der Waals surface area contributed by atoms with Gasteiger partial charge in [0.05, 0.1) is 31.1 Å². The molecule has 0 N–H and O–H groups in total. The van der Waals surface area contributed by atoms with Crippen LogP contribution in [0.1, 0.15) is 18.9 Å². The number of morpholine rings is 1. The van der Waals surface area contributed by atoms with Crippen molar-refractivity contribution >= 4 is 21.4 Å². The summed E-state index contributed by atoms with van der Waals surface area (Å²) in [6, 6.07) is 7.90. The first-order valence-corrected chi connectivity index (χ1v) is 10.7. The zero-order valence-electron chi connectivity index (χ0n) is 14.7. The molecule has 2 fully saturated rings. The molecule has 0 saturated carbocycles. The lowest BCUT2D eigenvalue weighted by Gasteiger charge is -2.29. The Hall–Kier alpha value is -1.60. The van der Waals surface area contributed by atoms with Crippen LogP contribution in [0.3, 0.4) is 0 Å². The maximum atomic E-state index is 12.6. The fourth-order valence-electron chi connectivity index (χ4n) is 3.58. The van der Waals surface area contributed by atoms with Crippen molar-refractivity contribution < 1.29 is 17.9 Å². The summed E-state index contributed by atoms with van der Waals surface area (Å²) in [6.45, 7) is 5.72. The number of hydrogen-bond acceptors (Lipinski definition) is 5. The fourth-order valence-corrected chi connectivity index (χ4v) is 5.31. The SMILES string of the molecule is CCN(C(=O)Cc1ccc(N2CCOCC2)cc1)C1CCS(=O)(=O)C1. The van der Waals surface area contributed by atoms with Crippen molar-refractivity contribution in [2.45, 2.75) is 25.8 Å². The van der Waals surface area contributed by atoms with Crippen LogP contribution in [0.15, 0.2) is 24.3 Å². The van der Waals surface area contributed by atoms with Gasteiger partial charge in [0.25, 0.3) is 0 Å². The Morgan fingerprint density at radius 2 is 1.92 bits per heavy atom. The van der Waals surface area contributed by atoms with Crippen molar-refractivity contribution in [3.05, 3.63) is 29.8 Å². The molecule has 7 heteroatoms. The Labute approximate surface area is 149 Å². The molecule has 2 aliphatic heterocycles. The highest BCUT2D eigenvalue weighted by Gasteiger charge is 2.33. The molecule has 0 aliphatic carbocycles. The molecule has 1 unspecified atom stereocenters. The number of carbonyl (C=O) groups is 1. The quantitative estimate of drug-likeness (QED) is 0.781. The van der Waals surface area contributed by atoms with Crippen molar-refractivity contribution in [2.75, 3.05) is 49.3 Å². The minimum atomic E-state index is -2.98. The molecular weight excluding hydrogens is 340 g/mol. The molecule has 3 rings (SSSR count). The molecule has 2 saturated heterocycles. The highest BCUT2D eigenvalue weighted by atomic mass is 32.2. The average Bonchev–Trinajstić information content (AvgIpc) is 2.96. The number of ether oxygens (including phenoxy) is 1. The predicted molar refractivity (Wildman–Crippen MR) is 97.6 cm³/mol. The Kier molecular flexibility index (Phi) is 5.64. The number of nitrogens with zero attached hydrogens (tertiary/aromatic N) is 2. The van der Waals surface area contributed by atoms with Crippen LogP contribution in [0.4, 0.5) is 5.69 Å². The van der Waals surface area contributed by atoms with E-state index >= 15 is 0 Å². The van der Waals surface area contributed by atoms with Crippen LogP contribution in [0.5, 0.6) is 0 Å². The number of likely N-dealkylation sites (N-methyl/N-ethyl adjacent to an activating group) is 1. The maximum Gasteiger partial charge on any atom is 0.227 e. The number of hydrogen-bond donors (Lipinski definition) is 0. The highest BCUT2D eigenvalue weighted by Crippen LogP contribution is 2.20. The Morgan fingerprint density at radius 3 is 2.48 bits per heavy atom. The summed E-state index contributed by atoms with van der Waals surface area (Å²) < 4.78 is 28.7. The van der Waals surface area contributed by atoms with E-state index in [1.165, 1.54) is 0 Å². The summed E-state index contributed by atoms with van der Waals surface area (Å²) in [7, 11) is -2.98. The van der Waals surface area contributed by atoms with Gasteiger partial charge in [0.15, 0.2) is 9.84 Å². The standard InChI is InChI=1S/C18H26N2O4S/c1-2-20(17-7-12-25(22,23)14-17)18(21)13-15-3-5-16(6-4-15)19-8-10-24-11-9-19/h3-6,17H,2,7-14H2,1H3. The van der Waals surface area contributed by atoms with E-state index in [-0.39, 0.29) is 23.5 Å². The van der Waals surface area contributed by atoms with Crippen LogP contribution in [0.2, 0.25) is 0 Å². The van der Waals surface area contributed by atoms with Gasteiger partial charge in [0.2, 0.25) is 5.91 Å². The van der Waals surface area contributed by atoms with Gasteiger partial charge in [-0.15, -0.1) is 0 Å². The van der Waals surface area contributed by atoms with Crippen LogP contribution < -0.4 is 4.90 Å². The predicted octanol–water partition coefficient (Wildman–Crippen LogP) is 1.10. The van der Waals surface area contributed by atoms with Gasteiger partial charge in [-0.05, 0) is 31.0 Å². The number of sulfone groups is 1. The Balaban J connectivity index is 1.61. The van der Waals surface area contributed by atoms with Crippen molar-refractivity contribution in [1.82, 2.24) is 4.90 Å². The smallest absolute Gasteiger partial charge is 0.227 e. The van der Waals surface area contributed by atoms with Crippen LogP contribution in [-0.2, 0) is 25.8 Å². The molecule has 6 nitrogen and oxygen atoms in total. The summed E-state index contributed by atoms with van der Waals surface area (Å²) in [5.41, 5.74) is 2.11. The minimum Gasteiger partial charge on any atom is -0.378 e. The third-order valence-electron chi connectivity index (χ3n) is 4.98. The lowest BCUT2D eigenvalue weighted by atomic mass is 10.1. The molecule has 25 heavy (non-hydrogen) atoms. The first-order valence-electron chi connectivity index (χ1n) is 8.90. The van der Waals surface area contributed by atoms with Crippen molar-refractivity contribution in [1.29, 1.82) is 0 Å². The number of carbonyl (C=O) groups excluding carboxylic acids is 1. The Morgan fingerprint density at radius 1 is 1.24 bits per heavy atom. The zero-order valence-corrected chi connectivity index (χ0v) is 15.5. The van der Waals surface area contributed by atoms with Gasteiger partial charge >= 0.3 is 0 Å². The minimum absolute atomic E-state index is 0.00345. The lowest BCUT2D eigenvalue weighted by Crippen LogP contribution is -2.41. The molecule has 0 aromatic heterocycles. The number of benzene rings is 1. The van der Waals surface area contributed by atoms with Crippen LogP contribution in [0, 0.1) is 0 Å². The van der Waals surface area contributed by atoms with Crippen LogP contribution in [-0.4, -0.2) is 69.6 Å². The third-order valence-corrected chi connectivity index (χ3v) is 6.73. The van der Waals surface area contributed by atoms with E-state index in [0.717, 1.165) is 37.6 Å². The Bertz CT molecular complexity index is 696. The van der Waals surface area contributed by atoms with Gasteiger partial charge in [-0.1, -0.05) is 12.1 Å². The summed E-state index contributed by atoms with van der Waals surface area (Å²) >= 11 is 0. The van der Waals surface area contributed by atoms with E-state index < -0.39 is 9.84 Å². The van der Waals surface area contributed by atoms with E-state index in [4.69, 9.17) is 4.74 Å². The summed E-state index contributed by atoms with van der Waals surface area (Å²) in [5.74, 6) is 0.293. The van der Waals surface area contributed by atoms with Crippen LogP contribution in [0.25, 0.3) is 0 Å². The van der Waals surface area contributed by atoms with Gasteiger partial charge in [-0.3, -0.25) is 4.79 Å². The molecule has 1 atom stereocenters. The highest BCUT2D eigenvalue weighted by molar-refractivity contribution is 7.91. The second-order valence-corrected chi connectivity index (χ2v) is 8.91. The summed E-state index contributed by atoms with van der Waals surface area (Å²) in [5, 5.41) is 0. The van der Waals surface area contributed by atoms with E-state index in [1.807, 2.05) is 31.2 Å². The fraction of sp³-hybridized carbons (Fsp3) is 0.611. The van der Waals surface area contributed by atoms with E-state index in [2.05, 4.69) is 4.90 Å². The second kappa shape index (κ2) is 7.74. The zero-order chi connectivity index (χ0) is 17.9. The molecular formula is C18H26N2O4S. The van der Waals surface area contributed by atoms with Gasteiger partial charge in [0.1, 0.15) is 0 Å². The van der Waals surface area contributed by atoms with E-state index in [0.29, 0.717) is 19.4 Å². The monoisotopic (exact) mass is 366 g/mol. The molecule has 1 amide bonds. The summed E-state index contributed by atoms with van der Waals surface area (Å²) in [4.78, 5) is 16.6. The largest absolute Gasteiger partial charge is 0.378 e. The van der Waals surface area contributed by atoms with Gasteiger partial charge in [-0.25, -0.2) is 8.42 Å². The maximum absolute atomic E-state index is 12.6. The average molecular weight is 366 g/mol. The first-order chi connectivity index (χ1) is 12.0. The number of amides is 1. The second-order valence-electron chi connectivity index (χ2n) is 6.68. The normalized spacial score (nSPS) is 22.8. The van der Waals surface area contributed by atoms with Crippen molar-refractivity contribution in [3.63, 3.8) is 0 Å². The van der Waals surface area contributed by atoms with Crippen LogP contribution >= 0.6 is 0 Å². The third kappa shape index (κ3) is 4.52. The van der Waals surface area contributed by atoms with Crippen molar-refractivity contribution in [2.24, 2.45) is 0 Å². The van der Waals surface area contributed by atoms with Crippen molar-refractivity contribution in [3.8, 4) is 0 Å². The molecule has 1 aromatic carbocycles. The first kappa shape index (κ1) is 18.2. The van der Waals surface area contributed by atoms with E-state index in [1.54, 1.807) is 4.90 Å². The van der Waals surface area contributed by atoms with Gasteiger partial charge in [0, 0.05) is 31.4 Å². The molecule has 2 heterocycles. The number of anilines is 1. The molecule has 1 aromatic rings. The molecule has 138 valence electrons. The molecule has 0 spiro atoms. The number of rotatable bonds is 5. The van der Waals surface area contributed by atoms with E-state index in [9.17, 15) is 13.2 Å². The molecule has 0 bridgehead atoms. The van der Waals surface area contributed by atoms with Gasteiger partial charge in [-0.2, -0.15) is 0 Å². The molecule has 0 radical (unpaired) electrons. The lowest BCUT2D eigenvalue weighted by molar-refractivity contribution is -0.132. The molecule has 2 aliphatic rings. The van der Waals surface area contributed by atoms with Gasteiger partial charge < -0.3 is 14.5 Å². The topological polar surface area (TPSA) is 66.9 Å². The summed E-state index contributed by atoms with van der Waals surface area (Å²) in [6.07, 6.45) is 0.867.